The van der Waals surface area contributed by atoms with E-state index in [0.29, 0.717) is 31.0 Å². The van der Waals surface area contributed by atoms with Gasteiger partial charge in [0.15, 0.2) is 0 Å². The van der Waals surface area contributed by atoms with Gasteiger partial charge in [0, 0.05) is 24.4 Å². The Kier molecular flexibility index (Phi) is 5.50. The molecule has 2 atom stereocenters. The van der Waals surface area contributed by atoms with Gasteiger partial charge in [-0.3, -0.25) is 9.59 Å². The molecule has 0 saturated heterocycles. The molecule has 1 aromatic carbocycles. The molecule has 26 heavy (non-hydrogen) atoms. The minimum Gasteiger partial charge on any atom is -0.497 e. The smallest absolute Gasteiger partial charge is 0.308 e. The monoisotopic (exact) mass is 359 g/mol. The van der Waals surface area contributed by atoms with E-state index < -0.39 is 11.9 Å². The Morgan fingerprint density at radius 1 is 1.31 bits per heavy atom. The van der Waals surface area contributed by atoms with Gasteiger partial charge in [-0.15, -0.1) is 0 Å². The zero-order valence-electron chi connectivity index (χ0n) is 14.5. The Balaban J connectivity index is 1.52. The fourth-order valence-corrected chi connectivity index (χ4v) is 3.14. The summed E-state index contributed by atoms with van der Waals surface area (Å²) in [7, 11) is 1.59. The topological polar surface area (TPSA) is 115 Å². The quantitative estimate of drug-likeness (QED) is 0.777. The minimum atomic E-state index is -0.853. The van der Waals surface area contributed by atoms with Gasteiger partial charge in [-0.25, -0.2) is 0 Å². The Bertz CT molecular complexity index is 771. The van der Waals surface area contributed by atoms with Crippen LogP contribution in [-0.2, 0) is 16.0 Å². The van der Waals surface area contributed by atoms with E-state index in [1.807, 2.05) is 12.1 Å². The zero-order valence-corrected chi connectivity index (χ0v) is 14.5. The van der Waals surface area contributed by atoms with Crippen LogP contribution < -0.4 is 10.1 Å². The van der Waals surface area contributed by atoms with Crippen molar-refractivity contribution >= 4 is 11.9 Å². The van der Waals surface area contributed by atoms with Gasteiger partial charge in [0.2, 0.25) is 17.6 Å². The van der Waals surface area contributed by atoms with Crippen LogP contribution in [0.5, 0.6) is 5.75 Å². The van der Waals surface area contributed by atoms with E-state index in [9.17, 15) is 9.59 Å². The standard InChI is InChI=1S/C18H21N3O5/c1-25-12-7-5-11(6-8-12)17-20-16(26-21-17)10-9-15(22)19-14-4-2-3-13(14)18(23)24/h5-8,13-14H,2-4,9-10H2,1H3,(H,19,22)(H,23,24)/t13-,14+/m0/s1. The number of methoxy groups -OCH3 is 1. The maximum Gasteiger partial charge on any atom is 0.308 e. The molecule has 0 unspecified atom stereocenters. The summed E-state index contributed by atoms with van der Waals surface area (Å²) in [5.41, 5.74) is 0.792. The van der Waals surface area contributed by atoms with E-state index in [2.05, 4.69) is 15.5 Å². The molecule has 1 amide bonds. The van der Waals surface area contributed by atoms with Crippen LogP contribution >= 0.6 is 0 Å². The molecule has 2 N–H and O–H groups in total. The third-order valence-electron chi connectivity index (χ3n) is 4.56. The van der Waals surface area contributed by atoms with Crippen molar-refractivity contribution in [3.63, 3.8) is 0 Å². The number of rotatable bonds is 7. The van der Waals surface area contributed by atoms with Crippen molar-refractivity contribution < 1.29 is 24.0 Å². The predicted octanol–water partition coefficient (Wildman–Crippen LogP) is 2.05. The first-order chi connectivity index (χ1) is 12.6. The van der Waals surface area contributed by atoms with E-state index in [1.165, 1.54) is 0 Å². The number of carbonyl (C=O) groups is 2. The molecule has 1 aliphatic carbocycles. The Hall–Kier alpha value is -2.90. The first-order valence-electron chi connectivity index (χ1n) is 8.56. The molecule has 8 heteroatoms. The summed E-state index contributed by atoms with van der Waals surface area (Å²) >= 11 is 0. The molecule has 1 fully saturated rings. The van der Waals surface area contributed by atoms with Crippen LogP contribution in [-0.4, -0.2) is 40.3 Å². The highest BCUT2D eigenvalue weighted by Crippen LogP contribution is 2.26. The number of nitrogens with one attached hydrogen (secondary N) is 1. The van der Waals surface area contributed by atoms with Crippen molar-refractivity contribution in [2.75, 3.05) is 7.11 Å². The Morgan fingerprint density at radius 2 is 2.08 bits per heavy atom. The normalized spacial score (nSPS) is 19.3. The van der Waals surface area contributed by atoms with Crippen LogP contribution in [0.4, 0.5) is 0 Å². The average Bonchev–Trinajstić information content (AvgIpc) is 3.29. The lowest BCUT2D eigenvalue weighted by Crippen LogP contribution is -2.40. The summed E-state index contributed by atoms with van der Waals surface area (Å²) in [5, 5.41) is 15.9. The molecule has 138 valence electrons. The van der Waals surface area contributed by atoms with Crippen LogP contribution in [0.2, 0.25) is 0 Å². The highest BCUT2D eigenvalue weighted by Gasteiger charge is 2.33. The fourth-order valence-electron chi connectivity index (χ4n) is 3.14. The number of aliphatic carboxylic acids is 1. The maximum absolute atomic E-state index is 12.1. The summed E-state index contributed by atoms with van der Waals surface area (Å²) in [4.78, 5) is 27.5. The summed E-state index contributed by atoms with van der Waals surface area (Å²) in [6.45, 7) is 0. The third-order valence-corrected chi connectivity index (χ3v) is 4.56. The fraction of sp³-hybridized carbons (Fsp3) is 0.444. The predicted molar refractivity (Wildman–Crippen MR) is 91.5 cm³/mol. The van der Waals surface area contributed by atoms with Gasteiger partial charge in [-0.05, 0) is 37.1 Å². The lowest BCUT2D eigenvalue weighted by Gasteiger charge is -2.17. The van der Waals surface area contributed by atoms with Crippen LogP contribution in [0.1, 0.15) is 31.6 Å². The highest BCUT2D eigenvalue weighted by atomic mass is 16.5. The van der Waals surface area contributed by atoms with Crippen LogP contribution in [0.3, 0.4) is 0 Å². The molecular formula is C18H21N3O5. The molecular weight excluding hydrogens is 338 g/mol. The number of hydrogen-bond donors (Lipinski definition) is 2. The molecule has 0 radical (unpaired) electrons. The first kappa shape index (κ1) is 17.9. The Morgan fingerprint density at radius 3 is 2.77 bits per heavy atom. The number of carbonyl (C=O) groups excluding carboxylic acids is 1. The van der Waals surface area contributed by atoms with E-state index in [-0.39, 0.29) is 18.4 Å². The molecule has 1 saturated carbocycles. The van der Waals surface area contributed by atoms with Crippen LogP contribution in [0, 0.1) is 5.92 Å². The molecule has 0 aliphatic heterocycles. The summed E-state index contributed by atoms with van der Waals surface area (Å²) in [6.07, 6.45) is 2.60. The SMILES string of the molecule is COc1ccc(-c2noc(CCC(=O)N[C@@H]3CCC[C@@H]3C(=O)O)n2)cc1. The molecule has 0 spiro atoms. The largest absolute Gasteiger partial charge is 0.497 e. The third kappa shape index (κ3) is 4.19. The second-order valence-electron chi connectivity index (χ2n) is 6.29. The van der Waals surface area contributed by atoms with Crippen molar-refractivity contribution in [2.24, 2.45) is 5.92 Å². The number of amides is 1. The van der Waals surface area contributed by atoms with Crippen molar-refractivity contribution in [1.29, 1.82) is 0 Å². The first-order valence-corrected chi connectivity index (χ1v) is 8.56. The van der Waals surface area contributed by atoms with Gasteiger partial charge in [-0.1, -0.05) is 11.6 Å². The van der Waals surface area contributed by atoms with Gasteiger partial charge in [0.1, 0.15) is 5.75 Å². The number of nitrogens with zero attached hydrogens (tertiary/aromatic N) is 2. The molecule has 1 aromatic heterocycles. The van der Waals surface area contributed by atoms with Gasteiger partial charge >= 0.3 is 5.97 Å². The Labute approximate surface area is 150 Å². The highest BCUT2D eigenvalue weighted by molar-refractivity contribution is 5.78. The average molecular weight is 359 g/mol. The van der Waals surface area contributed by atoms with E-state index in [4.69, 9.17) is 14.4 Å². The van der Waals surface area contributed by atoms with Gasteiger partial charge in [-0.2, -0.15) is 4.98 Å². The summed E-state index contributed by atoms with van der Waals surface area (Å²) < 4.78 is 10.3. The lowest BCUT2D eigenvalue weighted by atomic mass is 10.0. The molecule has 1 aliphatic rings. The number of carboxylic acids is 1. The molecule has 1 heterocycles. The van der Waals surface area contributed by atoms with Crippen molar-refractivity contribution in [2.45, 2.75) is 38.1 Å². The van der Waals surface area contributed by atoms with E-state index in [0.717, 1.165) is 17.7 Å². The van der Waals surface area contributed by atoms with Crippen molar-refractivity contribution in [1.82, 2.24) is 15.5 Å². The number of benzene rings is 1. The maximum atomic E-state index is 12.1. The van der Waals surface area contributed by atoms with Gasteiger partial charge < -0.3 is 19.7 Å². The number of ether oxygens (including phenoxy) is 1. The van der Waals surface area contributed by atoms with E-state index >= 15 is 0 Å². The van der Waals surface area contributed by atoms with E-state index in [1.54, 1.807) is 19.2 Å². The lowest BCUT2D eigenvalue weighted by molar-refractivity contribution is -0.142. The molecule has 3 rings (SSSR count). The van der Waals surface area contributed by atoms with Gasteiger partial charge in [0.25, 0.3) is 0 Å². The molecule has 8 nitrogen and oxygen atoms in total. The van der Waals surface area contributed by atoms with Crippen molar-refractivity contribution in [3.8, 4) is 17.1 Å². The summed E-state index contributed by atoms with van der Waals surface area (Å²) in [6, 6.07) is 6.97. The molecule has 2 aromatic rings. The van der Waals surface area contributed by atoms with Crippen molar-refractivity contribution in [3.05, 3.63) is 30.2 Å². The van der Waals surface area contributed by atoms with Crippen LogP contribution in [0.15, 0.2) is 28.8 Å². The number of aryl methyl sites for hydroxylation is 1. The van der Waals surface area contributed by atoms with Gasteiger partial charge in [0.05, 0.1) is 13.0 Å². The second-order valence-corrected chi connectivity index (χ2v) is 6.29. The summed E-state index contributed by atoms with van der Waals surface area (Å²) in [5.74, 6) is 0.00268. The number of carboxylic acid groups (broad SMARTS) is 1. The number of aromatic nitrogens is 2. The molecule has 0 bridgehead atoms. The number of hydrogen-bond acceptors (Lipinski definition) is 6. The minimum absolute atomic E-state index is 0.174. The van der Waals surface area contributed by atoms with Crippen LogP contribution in [0.25, 0.3) is 11.4 Å². The second kappa shape index (κ2) is 7.99. The zero-order chi connectivity index (χ0) is 18.5.